The van der Waals surface area contributed by atoms with Gasteiger partial charge in [-0.15, -0.1) is 0 Å². The third-order valence-electron chi connectivity index (χ3n) is 2.83. The molecule has 3 N–H and O–H groups in total. The number of amides is 1. The molecule has 0 aliphatic heterocycles. The van der Waals surface area contributed by atoms with Crippen LogP contribution in [-0.4, -0.2) is 23.2 Å². The van der Waals surface area contributed by atoms with Gasteiger partial charge in [0.15, 0.2) is 0 Å². The second-order valence-electron chi connectivity index (χ2n) is 4.40. The highest BCUT2D eigenvalue weighted by Gasteiger charge is 2.12. The highest BCUT2D eigenvalue weighted by Crippen LogP contribution is 2.25. The first-order valence-corrected chi connectivity index (χ1v) is 6.07. The monoisotopic (exact) mass is 272 g/mol. The van der Waals surface area contributed by atoms with Gasteiger partial charge in [0.05, 0.1) is 29.7 Å². The maximum atomic E-state index is 12.2. The molecule has 6 nitrogen and oxygen atoms in total. The first kappa shape index (κ1) is 13.8. The molecule has 1 heterocycles. The number of hydrogen-bond acceptors (Lipinski definition) is 5. The summed E-state index contributed by atoms with van der Waals surface area (Å²) >= 11 is 0. The first-order chi connectivity index (χ1) is 9.51. The van der Waals surface area contributed by atoms with Gasteiger partial charge in [0.2, 0.25) is 0 Å². The molecule has 20 heavy (non-hydrogen) atoms. The Labute approximate surface area is 117 Å². The number of aromatic nitrogens is 2. The lowest BCUT2D eigenvalue weighted by atomic mass is 10.1. The molecule has 1 aromatic carbocycles. The van der Waals surface area contributed by atoms with Crippen LogP contribution < -0.4 is 15.8 Å². The lowest BCUT2D eigenvalue weighted by Gasteiger charge is -2.10. The molecule has 6 heteroatoms. The van der Waals surface area contributed by atoms with Crippen LogP contribution in [0.2, 0.25) is 0 Å². The Kier molecular flexibility index (Phi) is 3.84. The zero-order valence-electron chi connectivity index (χ0n) is 11.6. The van der Waals surface area contributed by atoms with E-state index in [1.807, 2.05) is 0 Å². The lowest BCUT2D eigenvalue weighted by Crippen LogP contribution is -2.15. The van der Waals surface area contributed by atoms with E-state index in [4.69, 9.17) is 10.5 Å². The number of nitrogens with zero attached hydrogens (tertiary/aromatic N) is 2. The van der Waals surface area contributed by atoms with Gasteiger partial charge in [-0.25, -0.2) is 0 Å². The molecule has 2 aromatic rings. The Balaban J connectivity index is 2.23. The molecule has 0 radical (unpaired) electrons. The molecular weight excluding hydrogens is 256 g/mol. The van der Waals surface area contributed by atoms with Crippen molar-refractivity contribution in [1.29, 1.82) is 0 Å². The highest BCUT2D eigenvalue weighted by molar-refractivity contribution is 6.05. The van der Waals surface area contributed by atoms with Crippen LogP contribution in [0.5, 0.6) is 5.75 Å². The standard InChI is InChI=1S/C14H16N4O2/c1-8-6-11(9(2)18-17-8)14(19)16-10-4-5-13(20-3)12(15)7-10/h4-7H,15H2,1-3H3,(H,16,19). The number of nitrogens with two attached hydrogens (primary N) is 1. The third-order valence-corrected chi connectivity index (χ3v) is 2.83. The van der Waals surface area contributed by atoms with Crippen molar-refractivity contribution < 1.29 is 9.53 Å². The van der Waals surface area contributed by atoms with E-state index in [-0.39, 0.29) is 5.91 Å². The molecule has 0 aliphatic rings. The molecule has 0 saturated heterocycles. The van der Waals surface area contributed by atoms with E-state index < -0.39 is 0 Å². The summed E-state index contributed by atoms with van der Waals surface area (Å²) in [5, 5.41) is 10.6. The zero-order valence-corrected chi connectivity index (χ0v) is 11.6. The van der Waals surface area contributed by atoms with Crippen LogP contribution in [0.25, 0.3) is 0 Å². The van der Waals surface area contributed by atoms with Gasteiger partial charge in [0, 0.05) is 5.69 Å². The topological polar surface area (TPSA) is 90.1 Å². The minimum absolute atomic E-state index is 0.245. The van der Waals surface area contributed by atoms with Crippen LogP contribution in [0.3, 0.4) is 0 Å². The Hall–Kier alpha value is -2.63. The van der Waals surface area contributed by atoms with Gasteiger partial charge in [0.1, 0.15) is 5.75 Å². The van der Waals surface area contributed by atoms with Crippen molar-refractivity contribution in [3.63, 3.8) is 0 Å². The number of benzene rings is 1. The van der Waals surface area contributed by atoms with Crippen molar-refractivity contribution in [2.75, 3.05) is 18.2 Å². The number of anilines is 2. The fourth-order valence-corrected chi connectivity index (χ4v) is 1.79. The molecule has 0 aliphatic carbocycles. The molecule has 0 bridgehead atoms. The summed E-state index contributed by atoms with van der Waals surface area (Å²) in [4.78, 5) is 12.2. The second-order valence-corrected chi connectivity index (χ2v) is 4.40. The maximum Gasteiger partial charge on any atom is 0.257 e. The molecule has 0 fully saturated rings. The van der Waals surface area contributed by atoms with Crippen LogP contribution in [0.4, 0.5) is 11.4 Å². The van der Waals surface area contributed by atoms with Crippen LogP contribution in [0, 0.1) is 13.8 Å². The minimum atomic E-state index is -0.245. The Morgan fingerprint density at radius 1 is 1.25 bits per heavy atom. The van der Waals surface area contributed by atoms with E-state index in [1.54, 1.807) is 45.2 Å². The summed E-state index contributed by atoms with van der Waals surface area (Å²) in [6.07, 6.45) is 0. The Morgan fingerprint density at radius 3 is 2.65 bits per heavy atom. The van der Waals surface area contributed by atoms with Crippen molar-refractivity contribution in [1.82, 2.24) is 10.2 Å². The summed E-state index contributed by atoms with van der Waals surface area (Å²) < 4.78 is 5.07. The molecule has 0 unspecified atom stereocenters. The van der Waals surface area contributed by atoms with Gasteiger partial charge in [-0.2, -0.15) is 10.2 Å². The summed E-state index contributed by atoms with van der Waals surface area (Å²) in [6.45, 7) is 3.53. The minimum Gasteiger partial charge on any atom is -0.495 e. The summed E-state index contributed by atoms with van der Waals surface area (Å²) in [5.41, 5.74) is 8.63. The van der Waals surface area contributed by atoms with Gasteiger partial charge < -0.3 is 15.8 Å². The molecule has 1 amide bonds. The fourth-order valence-electron chi connectivity index (χ4n) is 1.79. The Bertz CT molecular complexity index is 656. The molecule has 0 atom stereocenters. The number of hydrogen-bond donors (Lipinski definition) is 2. The normalized spacial score (nSPS) is 10.2. The van der Waals surface area contributed by atoms with E-state index in [1.165, 1.54) is 0 Å². The maximum absolute atomic E-state index is 12.2. The SMILES string of the molecule is COc1ccc(NC(=O)c2cc(C)nnc2C)cc1N. The number of carbonyl (C=O) groups excluding carboxylic acids is 1. The van der Waals surface area contributed by atoms with E-state index in [9.17, 15) is 4.79 Å². The van der Waals surface area contributed by atoms with Crippen molar-refractivity contribution in [2.24, 2.45) is 0 Å². The van der Waals surface area contributed by atoms with E-state index in [0.29, 0.717) is 34.1 Å². The summed E-state index contributed by atoms with van der Waals surface area (Å²) in [6, 6.07) is 6.77. The number of ether oxygens (including phenoxy) is 1. The van der Waals surface area contributed by atoms with Gasteiger partial charge in [-0.05, 0) is 38.1 Å². The van der Waals surface area contributed by atoms with Crippen molar-refractivity contribution >= 4 is 17.3 Å². The molecular formula is C14H16N4O2. The van der Waals surface area contributed by atoms with E-state index in [0.717, 1.165) is 0 Å². The largest absolute Gasteiger partial charge is 0.495 e. The quantitative estimate of drug-likeness (QED) is 0.833. The fraction of sp³-hybridized carbons (Fsp3) is 0.214. The summed E-state index contributed by atoms with van der Waals surface area (Å²) in [7, 11) is 1.54. The lowest BCUT2D eigenvalue weighted by molar-refractivity contribution is 0.102. The first-order valence-electron chi connectivity index (χ1n) is 6.07. The average Bonchev–Trinajstić information content (AvgIpc) is 2.41. The predicted octanol–water partition coefficient (Wildman–Crippen LogP) is 1.94. The van der Waals surface area contributed by atoms with Crippen LogP contribution >= 0.6 is 0 Å². The van der Waals surface area contributed by atoms with Crippen LogP contribution in [0.15, 0.2) is 24.3 Å². The Morgan fingerprint density at radius 2 is 2.00 bits per heavy atom. The molecule has 1 aromatic heterocycles. The molecule has 104 valence electrons. The average molecular weight is 272 g/mol. The van der Waals surface area contributed by atoms with Crippen LogP contribution in [-0.2, 0) is 0 Å². The molecule has 0 spiro atoms. The van der Waals surface area contributed by atoms with Crippen LogP contribution in [0.1, 0.15) is 21.7 Å². The number of nitrogens with one attached hydrogen (secondary N) is 1. The highest BCUT2D eigenvalue weighted by atomic mass is 16.5. The molecule has 0 saturated carbocycles. The van der Waals surface area contributed by atoms with Gasteiger partial charge in [-0.3, -0.25) is 4.79 Å². The van der Waals surface area contributed by atoms with Crippen molar-refractivity contribution in [3.8, 4) is 5.75 Å². The summed E-state index contributed by atoms with van der Waals surface area (Å²) in [5.74, 6) is 0.325. The van der Waals surface area contributed by atoms with E-state index in [2.05, 4.69) is 15.5 Å². The third kappa shape index (κ3) is 2.85. The van der Waals surface area contributed by atoms with Gasteiger partial charge >= 0.3 is 0 Å². The van der Waals surface area contributed by atoms with E-state index >= 15 is 0 Å². The number of rotatable bonds is 3. The number of carbonyl (C=O) groups is 1. The predicted molar refractivity (Wildman–Crippen MR) is 76.9 cm³/mol. The van der Waals surface area contributed by atoms with Gasteiger partial charge in [0.25, 0.3) is 5.91 Å². The number of methoxy groups -OCH3 is 1. The second kappa shape index (κ2) is 5.56. The smallest absolute Gasteiger partial charge is 0.257 e. The zero-order chi connectivity index (χ0) is 14.7. The van der Waals surface area contributed by atoms with Crippen molar-refractivity contribution in [3.05, 3.63) is 41.2 Å². The van der Waals surface area contributed by atoms with Gasteiger partial charge in [-0.1, -0.05) is 0 Å². The van der Waals surface area contributed by atoms with Crippen molar-refractivity contribution in [2.45, 2.75) is 13.8 Å². The number of nitrogen functional groups attached to an aromatic ring is 1. The molecule has 2 rings (SSSR count). The number of aryl methyl sites for hydroxylation is 2.